The van der Waals surface area contributed by atoms with Gasteiger partial charge in [0.2, 0.25) is 11.8 Å². The number of carbonyl (C=O) groups is 9. The Kier molecular flexibility index (Phi) is 20.8. The van der Waals surface area contributed by atoms with Crippen LogP contribution in [-0.4, -0.2) is 164 Å². The molecule has 330 valence electrons. The fourth-order valence-corrected chi connectivity index (χ4v) is 8.05. The van der Waals surface area contributed by atoms with Gasteiger partial charge in [-0.25, -0.2) is 14.4 Å². The number of amides is 8. The molecule has 3 atom stereocenters. The molecule has 0 saturated carbocycles. The van der Waals surface area contributed by atoms with Crippen LogP contribution in [0.3, 0.4) is 0 Å². The first kappa shape index (κ1) is 47.3. The number of urea groups is 1. The van der Waals surface area contributed by atoms with E-state index < -0.39 is 35.6 Å². The van der Waals surface area contributed by atoms with Gasteiger partial charge in [0.1, 0.15) is 0 Å². The molecule has 0 radical (unpaired) electrons. The Morgan fingerprint density at radius 3 is 1.68 bits per heavy atom. The Labute approximate surface area is 346 Å². The van der Waals surface area contributed by atoms with Gasteiger partial charge in [-0.3, -0.25) is 28.8 Å². The number of nitrogens with zero attached hydrogens (tertiary/aromatic N) is 3. The topological polar surface area (TPSA) is 255 Å². The monoisotopic (exact) mass is 856 g/mol. The number of unbranched alkanes of at least 4 members (excludes halogenated alkanes) is 1. The molecule has 21 nitrogen and oxygen atoms in total. The van der Waals surface area contributed by atoms with E-state index in [4.69, 9.17) is 28.6 Å². The third-order valence-corrected chi connectivity index (χ3v) is 11.1. The van der Waals surface area contributed by atoms with E-state index in [2.05, 4.69) is 16.0 Å². The summed E-state index contributed by atoms with van der Waals surface area (Å²) in [6.07, 6.45) is 2.94. The van der Waals surface area contributed by atoms with Crippen molar-refractivity contribution < 1.29 is 71.8 Å². The summed E-state index contributed by atoms with van der Waals surface area (Å²) in [5.74, 6) is -3.41. The van der Waals surface area contributed by atoms with Gasteiger partial charge in [0.25, 0.3) is 23.6 Å². The molecule has 59 heavy (non-hydrogen) atoms. The zero-order valence-corrected chi connectivity index (χ0v) is 34.1. The van der Waals surface area contributed by atoms with Gasteiger partial charge in [-0.2, -0.15) is 11.8 Å². The summed E-state index contributed by atoms with van der Waals surface area (Å²) in [6.45, 7) is 2.95. The first-order valence-electron chi connectivity index (χ1n) is 20.2. The molecule has 4 fully saturated rings. The zero-order valence-electron chi connectivity index (χ0n) is 33.3. The highest BCUT2D eigenvalue weighted by molar-refractivity contribution is 8.00. The molecule has 4 heterocycles. The number of hydroxylamine groups is 4. The number of thioether (sulfide) groups is 1. The summed E-state index contributed by atoms with van der Waals surface area (Å²) in [5, 5.41) is 10.1. The summed E-state index contributed by atoms with van der Waals surface area (Å²) in [4.78, 5) is 119. The van der Waals surface area contributed by atoms with Crippen molar-refractivity contribution in [2.45, 2.75) is 101 Å². The molecule has 0 aliphatic carbocycles. The van der Waals surface area contributed by atoms with Gasteiger partial charge in [-0.1, -0.05) is 6.42 Å². The molecular weight excluding hydrogens is 801 g/mol. The van der Waals surface area contributed by atoms with Crippen LogP contribution in [0, 0.1) is 0 Å². The van der Waals surface area contributed by atoms with Crippen LogP contribution in [0.5, 0.6) is 0 Å². The third-order valence-electron chi connectivity index (χ3n) is 9.59. The van der Waals surface area contributed by atoms with Crippen LogP contribution < -0.4 is 16.0 Å². The van der Waals surface area contributed by atoms with Crippen molar-refractivity contribution in [3.63, 3.8) is 0 Å². The summed E-state index contributed by atoms with van der Waals surface area (Å²) in [6, 6.07) is 0.305. The smallest absolute Gasteiger partial charge is 0.333 e. The number of carbonyl (C=O) groups excluding carboxylic acids is 9. The van der Waals surface area contributed by atoms with Gasteiger partial charge in [-0.15, -0.1) is 10.1 Å². The summed E-state index contributed by atoms with van der Waals surface area (Å²) >= 11 is 1.87. The molecular formula is C37H56N6O15S. The molecule has 3 unspecified atom stereocenters. The van der Waals surface area contributed by atoms with Crippen molar-refractivity contribution in [1.29, 1.82) is 0 Å². The maximum Gasteiger partial charge on any atom is 0.333 e. The largest absolute Gasteiger partial charge is 0.379 e. The van der Waals surface area contributed by atoms with E-state index in [0.29, 0.717) is 61.4 Å². The normalized spacial score (nSPS) is 19.9. The lowest BCUT2D eigenvalue weighted by Gasteiger charge is -2.23. The van der Waals surface area contributed by atoms with E-state index in [0.717, 1.165) is 25.0 Å². The number of hydrogen-bond donors (Lipinski definition) is 3. The maximum absolute atomic E-state index is 13.0. The van der Waals surface area contributed by atoms with Crippen molar-refractivity contribution in [2.24, 2.45) is 0 Å². The van der Waals surface area contributed by atoms with Crippen LogP contribution in [0.25, 0.3) is 0 Å². The highest BCUT2D eigenvalue weighted by atomic mass is 32.2. The lowest BCUT2D eigenvalue weighted by atomic mass is 10.0. The lowest BCUT2D eigenvalue weighted by molar-refractivity contribution is -0.197. The lowest BCUT2D eigenvalue weighted by Crippen LogP contribution is -2.36. The zero-order chi connectivity index (χ0) is 42.4. The van der Waals surface area contributed by atoms with Gasteiger partial charge in [0.05, 0.1) is 71.4 Å². The average Bonchev–Trinajstić information content (AvgIpc) is 3.95. The van der Waals surface area contributed by atoms with Crippen molar-refractivity contribution in [2.75, 3.05) is 78.2 Å². The number of hydrogen-bond acceptors (Lipinski definition) is 16. The van der Waals surface area contributed by atoms with Crippen LogP contribution in [0.15, 0.2) is 0 Å². The molecule has 0 aromatic heterocycles. The minimum absolute atomic E-state index is 0.00319. The minimum Gasteiger partial charge on any atom is -0.379 e. The summed E-state index contributed by atoms with van der Waals surface area (Å²) in [5.41, 5.74) is 0. The van der Waals surface area contributed by atoms with Crippen LogP contribution in [-0.2, 0) is 67.0 Å². The van der Waals surface area contributed by atoms with Crippen molar-refractivity contribution in [3.8, 4) is 0 Å². The summed E-state index contributed by atoms with van der Waals surface area (Å²) < 4.78 is 22.0. The number of nitrogens with one attached hydrogen (secondary N) is 3. The second-order valence-corrected chi connectivity index (χ2v) is 15.4. The first-order valence-corrected chi connectivity index (χ1v) is 21.2. The average molecular weight is 857 g/mol. The van der Waals surface area contributed by atoms with Gasteiger partial charge in [0.15, 0.2) is 0 Å². The maximum atomic E-state index is 13.0. The van der Waals surface area contributed by atoms with Gasteiger partial charge in [0, 0.05) is 75.6 Å². The fourth-order valence-electron chi connectivity index (χ4n) is 6.50. The summed E-state index contributed by atoms with van der Waals surface area (Å²) in [7, 11) is 0. The van der Waals surface area contributed by atoms with Crippen LogP contribution >= 0.6 is 11.8 Å². The molecule has 0 spiro atoms. The molecule has 4 aliphatic rings. The Morgan fingerprint density at radius 1 is 0.627 bits per heavy atom. The number of rotatable bonds is 30. The van der Waals surface area contributed by atoms with Gasteiger partial charge in [-0.05, 0) is 25.7 Å². The predicted molar refractivity (Wildman–Crippen MR) is 204 cm³/mol. The first-order chi connectivity index (χ1) is 28.5. The molecule has 3 N–H and O–H groups in total. The molecule has 4 saturated heterocycles. The predicted octanol–water partition coefficient (Wildman–Crippen LogP) is -0.112. The Balaban J connectivity index is 0.970. The Morgan fingerprint density at radius 2 is 1.14 bits per heavy atom. The van der Waals surface area contributed by atoms with Crippen molar-refractivity contribution >= 4 is 65.2 Å². The van der Waals surface area contributed by atoms with Crippen molar-refractivity contribution in [1.82, 2.24) is 31.0 Å². The molecule has 4 rings (SSSR count). The molecule has 22 heteroatoms. The highest BCUT2D eigenvalue weighted by Crippen LogP contribution is 2.33. The second kappa shape index (κ2) is 26.0. The van der Waals surface area contributed by atoms with Gasteiger partial charge >= 0.3 is 18.0 Å². The van der Waals surface area contributed by atoms with Crippen molar-refractivity contribution in [3.05, 3.63) is 0 Å². The molecule has 0 aromatic carbocycles. The van der Waals surface area contributed by atoms with E-state index >= 15 is 0 Å². The fraction of sp³-hybridized carbons (Fsp3) is 0.757. The molecule has 8 amide bonds. The standard InChI is InChI=1S/C37H56N6O15S/c44-28(6-2-1-5-27-36-26(25-59-27)39-37(52)40-36)38-14-18-54-20-22-56-24-23-55-21-19-53-17-13-29(45)41(15-3-7-34(50)57-42-30(46)9-10-31(42)47)16-4-8-35(51)58-43-32(48)11-12-33(43)49/h26-27,36H,1-25H2,(H,38,44)(H2,39,40,52). The van der Waals surface area contributed by atoms with E-state index in [-0.39, 0.29) is 121 Å². The van der Waals surface area contributed by atoms with E-state index in [9.17, 15) is 43.2 Å². The number of imide groups is 2. The molecule has 0 aromatic rings. The third kappa shape index (κ3) is 17.0. The van der Waals surface area contributed by atoms with E-state index in [1.54, 1.807) is 0 Å². The van der Waals surface area contributed by atoms with Crippen LogP contribution in [0.2, 0.25) is 0 Å². The molecule has 0 bridgehead atoms. The number of fused-ring (bicyclic) bond motifs is 1. The SMILES string of the molecule is O=C(CCCCC1SCC2NC(=O)NC21)NCCOCCOCCOCCOCCC(=O)N(CCCC(=O)ON1C(=O)CCC1=O)CCCC(=O)ON1C(=O)CCC1=O. The van der Waals surface area contributed by atoms with Crippen LogP contribution in [0.4, 0.5) is 4.79 Å². The Bertz CT molecular complexity index is 1400. The van der Waals surface area contributed by atoms with E-state index in [1.165, 1.54) is 4.90 Å². The second-order valence-electron chi connectivity index (χ2n) is 14.1. The highest BCUT2D eigenvalue weighted by Gasteiger charge is 2.42. The van der Waals surface area contributed by atoms with Gasteiger partial charge < -0.3 is 49.5 Å². The van der Waals surface area contributed by atoms with E-state index in [1.807, 2.05) is 11.8 Å². The minimum atomic E-state index is -0.805. The quantitative estimate of drug-likeness (QED) is 0.0484. The Hall–Kier alpha value is -4.38. The molecule has 4 aliphatic heterocycles. The van der Waals surface area contributed by atoms with Crippen LogP contribution in [0.1, 0.15) is 83.5 Å². The number of ether oxygens (including phenoxy) is 4.